The number of carbonyl (C=O) groups is 4. The maximum absolute atomic E-state index is 11.8. The van der Waals surface area contributed by atoms with Gasteiger partial charge in [0.1, 0.15) is 13.1 Å². The van der Waals surface area contributed by atoms with Crippen molar-refractivity contribution in [2.45, 2.75) is 6.92 Å². The SMILES string of the molecule is Cc1ccc(NC(=O)COC(=O)CN2C(=O)CN(C)C2=O)c(Br)c1. The van der Waals surface area contributed by atoms with E-state index in [4.69, 9.17) is 4.74 Å². The predicted octanol–water partition coefficient (Wildman–Crippen LogP) is 1.13. The van der Waals surface area contributed by atoms with Gasteiger partial charge < -0.3 is 15.0 Å². The predicted molar refractivity (Wildman–Crippen MR) is 88.2 cm³/mol. The van der Waals surface area contributed by atoms with E-state index in [0.717, 1.165) is 10.5 Å². The van der Waals surface area contributed by atoms with E-state index in [9.17, 15) is 19.2 Å². The Labute approximate surface area is 146 Å². The third-order valence-electron chi connectivity index (χ3n) is 3.28. The fourth-order valence-electron chi connectivity index (χ4n) is 2.05. The third kappa shape index (κ3) is 4.31. The molecule has 1 aromatic rings. The Morgan fingerprint density at radius 3 is 2.62 bits per heavy atom. The first-order valence-corrected chi connectivity index (χ1v) is 7.84. The minimum Gasteiger partial charge on any atom is -0.454 e. The summed E-state index contributed by atoms with van der Waals surface area (Å²) in [6, 6.07) is 4.82. The van der Waals surface area contributed by atoms with E-state index < -0.39 is 37.0 Å². The van der Waals surface area contributed by atoms with Crippen molar-refractivity contribution in [3.8, 4) is 0 Å². The third-order valence-corrected chi connectivity index (χ3v) is 3.94. The number of ether oxygens (including phenoxy) is 1. The molecule has 0 aliphatic carbocycles. The van der Waals surface area contributed by atoms with Gasteiger partial charge in [0.05, 0.1) is 5.69 Å². The molecule has 1 aromatic carbocycles. The van der Waals surface area contributed by atoms with Gasteiger partial charge in [0.15, 0.2) is 6.61 Å². The first-order chi connectivity index (χ1) is 11.3. The van der Waals surface area contributed by atoms with Crippen LogP contribution in [-0.4, -0.2) is 60.4 Å². The molecule has 1 heterocycles. The topological polar surface area (TPSA) is 96.0 Å². The lowest BCUT2D eigenvalue weighted by Crippen LogP contribution is -2.37. The van der Waals surface area contributed by atoms with Crippen molar-refractivity contribution in [2.75, 3.05) is 32.1 Å². The number of rotatable bonds is 5. The van der Waals surface area contributed by atoms with E-state index >= 15 is 0 Å². The highest BCUT2D eigenvalue weighted by molar-refractivity contribution is 9.10. The summed E-state index contributed by atoms with van der Waals surface area (Å²) in [4.78, 5) is 48.7. The van der Waals surface area contributed by atoms with Crippen molar-refractivity contribution in [2.24, 2.45) is 0 Å². The van der Waals surface area contributed by atoms with Crippen LogP contribution in [0.25, 0.3) is 0 Å². The molecule has 1 aliphatic rings. The number of amides is 4. The lowest BCUT2D eigenvalue weighted by molar-refractivity contribution is -0.149. The van der Waals surface area contributed by atoms with Gasteiger partial charge in [-0.3, -0.25) is 19.3 Å². The van der Waals surface area contributed by atoms with E-state index in [1.54, 1.807) is 6.07 Å². The number of nitrogens with one attached hydrogen (secondary N) is 1. The van der Waals surface area contributed by atoms with Crippen LogP contribution in [0.4, 0.5) is 10.5 Å². The van der Waals surface area contributed by atoms with Crippen molar-refractivity contribution >= 4 is 45.4 Å². The van der Waals surface area contributed by atoms with Gasteiger partial charge in [-0.2, -0.15) is 0 Å². The van der Waals surface area contributed by atoms with Crippen molar-refractivity contribution in [3.63, 3.8) is 0 Å². The first kappa shape index (κ1) is 17.9. The van der Waals surface area contributed by atoms with Crippen LogP contribution in [0.3, 0.4) is 0 Å². The Morgan fingerprint density at radius 2 is 2.04 bits per heavy atom. The molecule has 0 bridgehead atoms. The van der Waals surface area contributed by atoms with Crippen LogP contribution >= 0.6 is 15.9 Å². The molecule has 1 saturated heterocycles. The Bertz CT molecular complexity index is 706. The Balaban J connectivity index is 1.82. The summed E-state index contributed by atoms with van der Waals surface area (Å²) in [6.45, 7) is 0.819. The second kappa shape index (κ2) is 7.43. The molecule has 4 amide bonds. The maximum Gasteiger partial charge on any atom is 0.327 e. The highest BCUT2D eigenvalue weighted by Gasteiger charge is 2.35. The lowest BCUT2D eigenvalue weighted by Gasteiger charge is -2.13. The largest absolute Gasteiger partial charge is 0.454 e. The van der Waals surface area contributed by atoms with E-state index in [0.29, 0.717) is 10.2 Å². The molecule has 9 heteroatoms. The standard InChI is InChI=1S/C15H16BrN3O5/c1-9-3-4-11(10(16)5-9)17-12(20)8-24-14(22)7-19-13(21)6-18(2)15(19)23/h3-5H,6-8H2,1-2H3,(H,17,20). The van der Waals surface area contributed by atoms with Crippen LogP contribution in [0.2, 0.25) is 0 Å². The first-order valence-electron chi connectivity index (χ1n) is 7.05. The molecule has 0 saturated carbocycles. The normalized spacial score (nSPS) is 14.1. The minimum absolute atomic E-state index is 0.0753. The number of anilines is 1. The Morgan fingerprint density at radius 1 is 1.33 bits per heavy atom. The number of imide groups is 1. The van der Waals surface area contributed by atoms with Crippen molar-refractivity contribution < 1.29 is 23.9 Å². The van der Waals surface area contributed by atoms with Crippen molar-refractivity contribution in [1.29, 1.82) is 0 Å². The molecule has 0 aromatic heterocycles. The number of esters is 1. The molecule has 24 heavy (non-hydrogen) atoms. The van der Waals surface area contributed by atoms with E-state index in [1.807, 2.05) is 19.1 Å². The summed E-state index contributed by atoms with van der Waals surface area (Å²) in [5, 5.41) is 2.59. The van der Waals surface area contributed by atoms with E-state index in [2.05, 4.69) is 21.2 Å². The van der Waals surface area contributed by atoms with Gasteiger partial charge in [0.25, 0.3) is 11.8 Å². The summed E-state index contributed by atoms with van der Waals surface area (Å²) in [5.41, 5.74) is 1.57. The molecule has 8 nitrogen and oxygen atoms in total. The van der Waals surface area contributed by atoms with E-state index in [1.165, 1.54) is 11.9 Å². The quantitative estimate of drug-likeness (QED) is 0.593. The maximum atomic E-state index is 11.8. The van der Waals surface area contributed by atoms with Crippen LogP contribution in [0.5, 0.6) is 0 Å². The average molecular weight is 398 g/mol. The van der Waals surface area contributed by atoms with E-state index in [-0.39, 0.29) is 6.54 Å². The van der Waals surface area contributed by atoms with Crippen molar-refractivity contribution in [1.82, 2.24) is 9.80 Å². The van der Waals surface area contributed by atoms with Gasteiger partial charge in [0, 0.05) is 11.5 Å². The zero-order valence-electron chi connectivity index (χ0n) is 13.2. The van der Waals surface area contributed by atoms with Gasteiger partial charge in [-0.15, -0.1) is 0 Å². The number of halogens is 1. The highest BCUT2D eigenvalue weighted by Crippen LogP contribution is 2.23. The molecular formula is C15H16BrN3O5. The van der Waals surface area contributed by atoms with Crippen LogP contribution in [0.1, 0.15) is 5.56 Å². The summed E-state index contributed by atoms with van der Waals surface area (Å²) >= 11 is 3.32. The van der Waals surface area contributed by atoms with Gasteiger partial charge in [-0.25, -0.2) is 4.79 Å². The number of carbonyl (C=O) groups excluding carboxylic acids is 4. The number of urea groups is 1. The number of aryl methyl sites for hydroxylation is 1. The molecular weight excluding hydrogens is 382 g/mol. The van der Waals surface area contributed by atoms with Crippen molar-refractivity contribution in [3.05, 3.63) is 28.2 Å². The molecule has 0 spiro atoms. The average Bonchev–Trinajstić information content (AvgIpc) is 2.74. The Hall–Kier alpha value is -2.42. The fourth-order valence-corrected chi connectivity index (χ4v) is 2.65. The van der Waals surface area contributed by atoms with Gasteiger partial charge in [0.2, 0.25) is 0 Å². The molecule has 1 aliphatic heterocycles. The minimum atomic E-state index is -0.829. The zero-order chi connectivity index (χ0) is 17.9. The molecule has 1 fully saturated rings. The molecule has 0 atom stereocenters. The number of hydrogen-bond donors (Lipinski definition) is 1. The summed E-state index contributed by atoms with van der Waals surface area (Å²) in [7, 11) is 1.46. The summed E-state index contributed by atoms with van der Waals surface area (Å²) < 4.78 is 5.51. The number of hydrogen-bond acceptors (Lipinski definition) is 5. The molecule has 0 radical (unpaired) electrons. The van der Waals surface area contributed by atoms with Crippen LogP contribution < -0.4 is 5.32 Å². The van der Waals surface area contributed by atoms with Crippen LogP contribution in [0, 0.1) is 6.92 Å². The van der Waals surface area contributed by atoms with Crippen LogP contribution in [0.15, 0.2) is 22.7 Å². The fraction of sp³-hybridized carbons (Fsp3) is 0.333. The highest BCUT2D eigenvalue weighted by atomic mass is 79.9. The second-order valence-corrected chi connectivity index (χ2v) is 6.17. The number of nitrogens with zero attached hydrogens (tertiary/aromatic N) is 2. The van der Waals surface area contributed by atoms with Gasteiger partial charge >= 0.3 is 12.0 Å². The summed E-state index contributed by atoms with van der Waals surface area (Å²) in [6.07, 6.45) is 0. The summed E-state index contributed by atoms with van der Waals surface area (Å²) in [5.74, 6) is -1.83. The molecule has 128 valence electrons. The Kier molecular flexibility index (Phi) is 5.55. The van der Waals surface area contributed by atoms with Gasteiger partial charge in [-0.1, -0.05) is 6.07 Å². The zero-order valence-corrected chi connectivity index (χ0v) is 14.8. The monoisotopic (exact) mass is 397 g/mol. The smallest absolute Gasteiger partial charge is 0.327 e. The second-order valence-electron chi connectivity index (χ2n) is 5.31. The lowest BCUT2D eigenvalue weighted by atomic mass is 10.2. The van der Waals surface area contributed by atoms with Crippen LogP contribution in [-0.2, 0) is 19.1 Å². The molecule has 2 rings (SSSR count). The van der Waals surface area contributed by atoms with Gasteiger partial charge in [-0.05, 0) is 40.5 Å². The number of benzene rings is 1. The molecule has 1 N–H and O–H groups in total. The number of likely N-dealkylation sites (N-methyl/N-ethyl adjacent to an activating group) is 1. The molecule has 0 unspecified atom stereocenters.